The van der Waals surface area contributed by atoms with Gasteiger partial charge >= 0.3 is 0 Å². The summed E-state index contributed by atoms with van der Waals surface area (Å²) in [6, 6.07) is 12.1. The van der Waals surface area contributed by atoms with Crippen LogP contribution >= 0.6 is 11.6 Å². The fraction of sp³-hybridized carbons (Fsp3) is 0.125. The summed E-state index contributed by atoms with van der Waals surface area (Å²) in [5, 5.41) is 4.95. The summed E-state index contributed by atoms with van der Waals surface area (Å²) in [5.74, 6) is -1.62. The summed E-state index contributed by atoms with van der Waals surface area (Å²) in [7, 11) is -3.96. The lowest BCUT2D eigenvalue weighted by molar-refractivity contribution is -0.117. The van der Waals surface area contributed by atoms with Gasteiger partial charge in [0.25, 0.3) is 10.0 Å². The number of pyridine rings is 2. The standard InChI is InChI=1S/C24H18ClFN4O3S/c25-22-13-28-12-14-1-2-16(9-19(14)22)29-24(31)21-11-20(21)18-4-3-17(10-23(18)26)34(32,33)30-15-5-7-27-8-6-15/h1-10,12-13,20-21H,11H2,(H,27,30)(H,29,31)/t20?,21-/m1/s1. The van der Waals surface area contributed by atoms with Crippen LogP contribution in [0.15, 0.2) is 78.2 Å². The third-order valence-electron chi connectivity index (χ3n) is 5.72. The van der Waals surface area contributed by atoms with Crippen molar-refractivity contribution in [2.75, 3.05) is 10.0 Å². The van der Waals surface area contributed by atoms with Crippen LogP contribution in [0.3, 0.4) is 0 Å². The molecule has 2 N–H and O–H groups in total. The molecule has 2 heterocycles. The van der Waals surface area contributed by atoms with E-state index in [2.05, 4.69) is 20.0 Å². The zero-order valence-electron chi connectivity index (χ0n) is 17.6. The number of aromatic nitrogens is 2. The number of sulfonamides is 1. The van der Waals surface area contributed by atoms with Crippen LogP contribution in [-0.2, 0) is 14.8 Å². The Balaban J connectivity index is 1.29. The van der Waals surface area contributed by atoms with Crippen molar-refractivity contribution >= 4 is 49.7 Å². The predicted octanol–water partition coefficient (Wildman–Crippen LogP) is 4.97. The van der Waals surface area contributed by atoms with Gasteiger partial charge in [0, 0.05) is 47.2 Å². The zero-order chi connectivity index (χ0) is 23.9. The maximum Gasteiger partial charge on any atom is 0.261 e. The van der Waals surface area contributed by atoms with E-state index in [9.17, 15) is 17.6 Å². The van der Waals surface area contributed by atoms with Gasteiger partial charge in [0.05, 0.1) is 15.6 Å². The van der Waals surface area contributed by atoms with E-state index in [1.807, 2.05) is 6.07 Å². The average Bonchev–Trinajstić information content (AvgIpc) is 3.61. The smallest absolute Gasteiger partial charge is 0.261 e. The van der Waals surface area contributed by atoms with Crippen LogP contribution in [0.2, 0.25) is 5.02 Å². The Morgan fingerprint density at radius 1 is 1.00 bits per heavy atom. The molecule has 10 heteroatoms. The maximum atomic E-state index is 14.8. The molecular formula is C24H18ClFN4O3S. The van der Waals surface area contributed by atoms with Crippen molar-refractivity contribution in [2.45, 2.75) is 17.2 Å². The lowest BCUT2D eigenvalue weighted by Crippen LogP contribution is -2.15. The molecule has 0 saturated heterocycles. The summed E-state index contributed by atoms with van der Waals surface area (Å²) in [6.45, 7) is 0. The normalized spacial score (nSPS) is 17.4. The number of carbonyl (C=O) groups excluding carboxylic acids is 1. The lowest BCUT2D eigenvalue weighted by Gasteiger charge is -2.10. The van der Waals surface area contributed by atoms with Gasteiger partial charge in [0.1, 0.15) is 5.82 Å². The molecule has 1 saturated carbocycles. The molecule has 1 amide bonds. The molecule has 1 aliphatic carbocycles. The quantitative estimate of drug-likeness (QED) is 0.392. The molecule has 34 heavy (non-hydrogen) atoms. The SMILES string of the molecule is O=C(Nc1ccc2cncc(Cl)c2c1)[C@@H]1CC1c1ccc(S(=O)(=O)Nc2ccncc2)cc1F. The third kappa shape index (κ3) is 4.44. The summed E-state index contributed by atoms with van der Waals surface area (Å²) < 4.78 is 42.4. The van der Waals surface area contributed by atoms with Gasteiger partial charge in [-0.1, -0.05) is 23.7 Å². The highest BCUT2D eigenvalue weighted by Crippen LogP contribution is 2.49. The third-order valence-corrected chi connectivity index (χ3v) is 7.40. The van der Waals surface area contributed by atoms with E-state index in [1.54, 1.807) is 18.3 Å². The highest BCUT2D eigenvalue weighted by atomic mass is 35.5. The minimum absolute atomic E-state index is 0.199. The van der Waals surface area contributed by atoms with Gasteiger partial charge in [-0.25, -0.2) is 12.8 Å². The van der Waals surface area contributed by atoms with Crippen LogP contribution in [0.1, 0.15) is 17.9 Å². The molecule has 2 atom stereocenters. The van der Waals surface area contributed by atoms with E-state index < -0.39 is 21.8 Å². The Labute approximate surface area is 200 Å². The average molecular weight is 497 g/mol. The zero-order valence-corrected chi connectivity index (χ0v) is 19.1. The number of nitrogens with zero attached hydrogens (tertiary/aromatic N) is 2. The van der Waals surface area contributed by atoms with Crippen LogP contribution in [0.25, 0.3) is 10.8 Å². The van der Waals surface area contributed by atoms with Gasteiger partial charge in [-0.15, -0.1) is 0 Å². The van der Waals surface area contributed by atoms with Crippen LogP contribution in [-0.4, -0.2) is 24.3 Å². The van der Waals surface area contributed by atoms with Gasteiger partial charge in [-0.3, -0.25) is 19.5 Å². The first-order valence-corrected chi connectivity index (χ1v) is 12.2. The van der Waals surface area contributed by atoms with Gasteiger partial charge in [0.2, 0.25) is 5.91 Å². The topological polar surface area (TPSA) is 101 Å². The molecule has 1 unspecified atom stereocenters. The fourth-order valence-electron chi connectivity index (χ4n) is 3.88. The molecular weight excluding hydrogens is 479 g/mol. The Kier molecular flexibility index (Phi) is 5.66. The second kappa shape index (κ2) is 8.66. The predicted molar refractivity (Wildman–Crippen MR) is 128 cm³/mol. The molecule has 2 aromatic carbocycles. The van der Waals surface area contributed by atoms with E-state index in [0.717, 1.165) is 16.8 Å². The Morgan fingerprint density at radius 3 is 2.56 bits per heavy atom. The molecule has 4 aromatic rings. The first kappa shape index (κ1) is 22.2. The Bertz CT molecular complexity index is 1520. The summed E-state index contributed by atoms with van der Waals surface area (Å²) in [5.41, 5.74) is 1.22. The molecule has 5 rings (SSSR count). The Hall–Kier alpha value is -3.56. The number of hydrogen-bond donors (Lipinski definition) is 2. The van der Waals surface area contributed by atoms with Crippen molar-refractivity contribution < 1.29 is 17.6 Å². The van der Waals surface area contributed by atoms with Crippen molar-refractivity contribution in [3.8, 4) is 0 Å². The molecule has 0 spiro atoms. The first-order chi connectivity index (χ1) is 16.3. The minimum atomic E-state index is -3.96. The van der Waals surface area contributed by atoms with Crippen LogP contribution in [0.4, 0.5) is 15.8 Å². The molecule has 0 aliphatic heterocycles. The van der Waals surface area contributed by atoms with Gasteiger partial charge < -0.3 is 5.32 Å². The second-order valence-electron chi connectivity index (χ2n) is 8.02. The summed E-state index contributed by atoms with van der Waals surface area (Å²) in [6.07, 6.45) is 6.59. The summed E-state index contributed by atoms with van der Waals surface area (Å²) >= 11 is 6.18. The van der Waals surface area contributed by atoms with Crippen molar-refractivity contribution in [1.82, 2.24) is 9.97 Å². The molecule has 0 radical (unpaired) electrons. The number of anilines is 2. The van der Waals surface area contributed by atoms with E-state index in [4.69, 9.17) is 11.6 Å². The monoisotopic (exact) mass is 496 g/mol. The summed E-state index contributed by atoms with van der Waals surface area (Å²) in [4.78, 5) is 20.4. The van der Waals surface area contributed by atoms with E-state index in [1.165, 1.54) is 42.9 Å². The van der Waals surface area contributed by atoms with E-state index in [-0.39, 0.29) is 16.7 Å². The van der Waals surface area contributed by atoms with Crippen molar-refractivity contribution in [3.05, 3.63) is 89.7 Å². The number of benzene rings is 2. The number of halogens is 2. The van der Waals surface area contributed by atoms with Crippen LogP contribution in [0.5, 0.6) is 0 Å². The van der Waals surface area contributed by atoms with Gasteiger partial charge in [0.15, 0.2) is 0 Å². The molecule has 172 valence electrons. The lowest BCUT2D eigenvalue weighted by atomic mass is 10.1. The number of fused-ring (bicyclic) bond motifs is 1. The van der Waals surface area contributed by atoms with E-state index in [0.29, 0.717) is 28.4 Å². The van der Waals surface area contributed by atoms with Gasteiger partial charge in [-0.2, -0.15) is 0 Å². The van der Waals surface area contributed by atoms with Crippen molar-refractivity contribution in [3.63, 3.8) is 0 Å². The van der Waals surface area contributed by atoms with Gasteiger partial charge in [-0.05, 0) is 54.3 Å². The number of carbonyl (C=O) groups is 1. The minimum Gasteiger partial charge on any atom is -0.326 e. The highest BCUT2D eigenvalue weighted by molar-refractivity contribution is 7.92. The van der Waals surface area contributed by atoms with Crippen molar-refractivity contribution in [2.24, 2.45) is 5.92 Å². The largest absolute Gasteiger partial charge is 0.326 e. The molecule has 2 aromatic heterocycles. The van der Waals surface area contributed by atoms with Crippen LogP contribution < -0.4 is 10.0 Å². The molecule has 1 aliphatic rings. The molecule has 7 nitrogen and oxygen atoms in total. The van der Waals surface area contributed by atoms with Crippen LogP contribution in [0, 0.1) is 11.7 Å². The number of hydrogen-bond acceptors (Lipinski definition) is 5. The number of nitrogens with one attached hydrogen (secondary N) is 2. The fourth-order valence-corrected chi connectivity index (χ4v) is 5.17. The first-order valence-electron chi connectivity index (χ1n) is 10.4. The maximum absolute atomic E-state index is 14.8. The number of rotatable bonds is 6. The molecule has 0 bridgehead atoms. The Morgan fingerprint density at radius 2 is 1.79 bits per heavy atom. The second-order valence-corrected chi connectivity index (χ2v) is 10.1. The van der Waals surface area contributed by atoms with Crippen molar-refractivity contribution in [1.29, 1.82) is 0 Å². The van der Waals surface area contributed by atoms with E-state index >= 15 is 0 Å². The molecule has 1 fully saturated rings. The number of amides is 1. The highest BCUT2D eigenvalue weighted by Gasteiger charge is 2.45.